The minimum absolute atomic E-state index is 0.223. The predicted octanol–water partition coefficient (Wildman–Crippen LogP) is 3.86. The molecule has 158 valence electrons. The predicted molar refractivity (Wildman–Crippen MR) is 104 cm³/mol. The summed E-state index contributed by atoms with van der Waals surface area (Å²) in [4.78, 5) is 10.6. The molecule has 2 N–H and O–H groups in total. The molecule has 0 atom stereocenters. The van der Waals surface area contributed by atoms with Gasteiger partial charge in [0.2, 0.25) is 5.95 Å². The molecule has 0 spiro atoms. The van der Waals surface area contributed by atoms with E-state index in [4.69, 9.17) is 0 Å². The second kappa shape index (κ2) is 9.39. The molecule has 0 aliphatic heterocycles. The second-order valence-electron chi connectivity index (χ2n) is 7.57. The molecule has 1 aromatic heterocycles. The summed E-state index contributed by atoms with van der Waals surface area (Å²) >= 11 is 0. The molecule has 0 radical (unpaired) electrons. The number of hydrogen-bond donors (Lipinski definition) is 2. The van der Waals surface area contributed by atoms with Gasteiger partial charge in [-0.15, -0.1) is 0 Å². The van der Waals surface area contributed by atoms with Crippen molar-refractivity contribution in [3.63, 3.8) is 0 Å². The molecule has 1 heterocycles. The zero-order valence-corrected chi connectivity index (χ0v) is 16.5. The summed E-state index contributed by atoms with van der Waals surface area (Å²) in [7, 11) is 3.83. The maximum atomic E-state index is 13.7. The average Bonchev–Trinajstić information content (AvgIpc) is 2.70. The monoisotopic (exact) mass is 411 g/mol. The normalized spacial score (nSPS) is 19.2. The van der Waals surface area contributed by atoms with Gasteiger partial charge in [0.25, 0.3) is 0 Å². The van der Waals surface area contributed by atoms with Crippen molar-refractivity contribution < 1.29 is 17.6 Å². The number of nitrogens with zero attached hydrogens (tertiary/aromatic N) is 3. The van der Waals surface area contributed by atoms with Gasteiger partial charge < -0.3 is 15.5 Å². The number of benzene rings is 1. The quantitative estimate of drug-likeness (QED) is 0.535. The van der Waals surface area contributed by atoms with Crippen LogP contribution in [0.3, 0.4) is 0 Å². The molecule has 0 saturated heterocycles. The molecule has 29 heavy (non-hydrogen) atoms. The van der Waals surface area contributed by atoms with Crippen LogP contribution in [0.4, 0.5) is 29.3 Å². The van der Waals surface area contributed by atoms with Crippen molar-refractivity contribution in [3.8, 4) is 0 Å². The molecule has 1 aliphatic carbocycles. The number of hydrogen-bond acceptors (Lipinski definition) is 5. The Bertz CT molecular complexity index is 812. The van der Waals surface area contributed by atoms with Gasteiger partial charge in [-0.2, -0.15) is 4.98 Å². The summed E-state index contributed by atoms with van der Waals surface area (Å²) in [5.74, 6) is -3.70. The first-order valence-corrected chi connectivity index (χ1v) is 9.64. The first kappa shape index (κ1) is 21.3. The lowest BCUT2D eigenvalue weighted by Crippen LogP contribution is -2.32. The van der Waals surface area contributed by atoms with Crippen molar-refractivity contribution in [1.29, 1.82) is 0 Å². The van der Waals surface area contributed by atoms with Crippen molar-refractivity contribution in [2.24, 2.45) is 5.92 Å². The molecule has 0 unspecified atom stereocenters. The minimum atomic E-state index is -1.38. The molecule has 1 fully saturated rings. The average molecular weight is 411 g/mol. The highest BCUT2D eigenvalue weighted by Gasteiger charge is 2.23. The van der Waals surface area contributed by atoms with E-state index < -0.39 is 28.8 Å². The number of halogens is 4. The molecular weight excluding hydrogens is 386 g/mol. The van der Waals surface area contributed by atoms with E-state index in [-0.39, 0.29) is 18.7 Å². The van der Waals surface area contributed by atoms with Gasteiger partial charge in [0.15, 0.2) is 23.3 Å². The van der Waals surface area contributed by atoms with Crippen LogP contribution < -0.4 is 15.5 Å². The largest absolute Gasteiger partial charge is 0.363 e. The van der Waals surface area contributed by atoms with Gasteiger partial charge in [0.1, 0.15) is 5.82 Å². The van der Waals surface area contributed by atoms with Crippen LogP contribution in [0, 0.1) is 29.2 Å². The third-order valence-electron chi connectivity index (χ3n) is 5.22. The van der Waals surface area contributed by atoms with E-state index in [0.29, 0.717) is 18.4 Å². The smallest absolute Gasteiger partial charge is 0.224 e. The van der Waals surface area contributed by atoms with Gasteiger partial charge in [-0.05, 0) is 44.2 Å². The highest BCUT2D eigenvalue weighted by molar-refractivity contribution is 5.41. The Morgan fingerprint density at radius 3 is 2.31 bits per heavy atom. The second-order valence-corrected chi connectivity index (χ2v) is 7.57. The third-order valence-corrected chi connectivity index (χ3v) is 5.22. The van der Waals surface area contributed by atoms with Gasteiger partial charge in [-0.3, -0.25) is 0 Å². The molecule has 5 nitrogen and oxygen atoms in total. The fraction of sp³-hybridized carbons (Fsp3) is 0.500. The first-order valence-electron chi connectivity index (χ1n) is 9.64. The summed E-state index contributed by atoms with van der Waals surface area (Å²) in [5, 5.41) is 6.28. The van der Waals surface area contributed by atoms with Crippen LogP contribution >= 0.6 is 0 Å². The van der Waals surface area contributed by atoms with Crippen molar-refractivity contribution in [1.82, 2.24) is 15.3 Å². The van der Waals surface area contributed by atoms with Gasteiger partial charge in [-0.25, -0.2) is 22.5 Å². The van der Waals surface area contributed by atoms with Crippen LogP contribution in [-0.2, 0) is 6.54 Å². The van der Waals surface area contributed by atoms with Crippen LogP contribution in [0.15, 0.2) is 18.3 Å². The molecule has 3 rings (SSSR count). The highest BCUT2D eigenvalue weighted by atomic mass is 19.2. The summed E-state index contributed by atoms with van der Waals surface area (Å²) in [5.41, 5.74) is -0.601. The van der Waals surface area contributed by atoms with E-state index in [0.717, 1.165) is 31.5 Å². The maximum absolute atomic E-state index is 13.7. The van der Waals surface area contributed by atoms with Crippen LogP contribution in [0.25, 0.3) is 0 Å². The van der Waals surface area contributed by atoms with Gasteiger partial charge in [-0.1, -0.05) is 0 Å². The highest BCUT2D eigenvalue weighted by Crippen LogP contribution is 2.26. The summed E-state index contributed by atoms with van der Waals surface area (Å²) in [6.07, 6.45) is 5.38. The number of rotatable bonds is 7. The molecule has 0 bridgehead atoms. The number of nitrogens with one attached hydrogen (secondary N) is 2. The van der Waals surface area contributed by atoms with E-state index in [1.165, 1.54) is 0 Å². The molecule has 1 aromatic carbocycles. The van der Waals surface area contributed by atoms with Crippen molar-refractivity contribution in [2.45, 2.75) is 38.3 Å². The lowest BCUT2D eigenvalue weighted by molar-refractivity contribution is 0.321. The topological polar surface area (TPSA) is 53.1 Å². The van der Waals surface area contributed by atoms with E-state index >= 15 is 0 Å². The summed E-state index contributed by atoms with van der Waals surface area (Å²) in [6, 6.07) is 2.32. The standard InChI is InChI=1S/C20H25F4N5/c1-29(2)17-7-8-26-20(28-17)27-13-5-3-12(4-6-13)10-25-11-14-18(23)15(21)9-16(22)19(14)24/h7-9,12-13,25H,3-6,10-11H2,1-2H3,(H,26,27,28)/t12-,13+. The zero-order chi connectivity index (χ0) is 21.0. The summed E-state index contributed by atoms with van der Waals surface area (Å²) < 4.78 is 53.9. The molecule has 2 aromatic rings. The van der Waals surface area contributed by atoms with Crippen LogP contribution in [0.5, 0.6) is 0 Å². The van der Waals surface area contributed by atoms with Gasteiger partial charge in [0.05, 0.1) is 0 Å². The Labute approximate surface area is 167 Å². The third kappa shape index (κ3) is 5.35. The van der Waals surface area contributed by atoms with Crippen molar-refractivity contribution in [2.75, 3.05) is 30.9 Å². The van der Waals surface area contributed by atoms with Crippen LogP contribution in [-0.4, -0.2) is 36.6 Å². The molecule has 9 heteroatoms. The van der Waals surface area contributed by atoms with Crippen LogP contribution in [0.1, 0.15) is 31.2 Å². The SMILES string of the molecule is CN(C)c1ccnc(N[C@H]2CC[C@@H](CNCc3c(F)c(F)cc(F)c3F)CC2)n1. The molecule has 1 saturated carbocycles. The first-order chi connectivity index (χ1) is 13.8. The Balaban J connectivity index is 1.46. The van der Waals surface area contributed by atoms with Crippen molar-refractivity contribution >= 4 is 11.8 Å². The van der Waals surface area contributed by atoms with Gasteiger partial charge in [0, 0.05) is 44.5 Å². The van der Waals surface area contributed by atoms with Gasteiger partial charge >= 0.3 is 0 Å². The maximum Gasteiger partial charge on any atom is 0.224 e. The Morgan fingerprint density at radius 2 is 1.69 bits per heavy atom. The fourth-order valence-electron chi connectivity index (χ4n) is 3.54. The van der Waals surface area contributed by atoms with Crippen molar-refractivity contribution in [3.05, 3.63) is 47.2 Å². The zero-order valence-electron chi connectivity index (χ0n) is 16.5. The van der Waals surface area contributed by atoms with E-state index in [9.17, 15) is 17.6 Å². The number of anilines is 2. The van der Waals surface area contributed by atoms with E-state index in [1.807, 2.05) is 25.1 Å². The summed E-state index contributed by atoms with van der Waals surface area (Å²) in [6.45, 7) is 0.270. The lowest BCUT2D eigenvalue weighted by atomic mass is 9.86. The molecule has 0 amide bonds. The van der Waals surface area contributed by atoms with E-state index in [1.54, 1.807) is 6.20 Å². The Morgan fingerprint density at radius 1 is 1.03 bits per heavy atom. The Kier molecular flexibility index (Phi) is 6.89. The van der Waals surface area contributed by atoms with E-state index in [2.05, 4.69) is 20.6 Å². The molecular formula is C20H25F4N5. The number of aromatic nitrogens is 2. The minimum Gasteiger partial charge on any atom is -0.363 e. The lowest BCUT2D eigenvalue weighted by Gasteiger charge is -2.29. The Hall–Kier alpha value is -2.42. The fourth-order valence-corrected chi connectivity index (χ4v) is 3.54. The van der Waals surface area contributed by atoms with Crippen LogP contribution in [0.2, 0.25) is 0 Å². The molecule has 1 aliphatic rings.